The standard InChI is InChI=1S/C17H8F3N3O3S/c18-17(19,20)13-4-8(1-2-22-13)11-7-21-6-9-3-10(26-14(9)11)5-12-15(24)23-16(25)27-12/h1-7H,(H,23,24,25). The Kier molecular flexibility index (Phi) is 3.99. The van der Waals surface area contributed by atoms with Crippen molar-refractivity contribution in [1.29, 1.82) is 0 Å². The molecular formula is C17H8F3N3O3S. The normalized spacial score (nSPS) is 16.3. The summed E-state index contributed by atoms with van der Waals surface area (Å²) < 4.78 is 44.5. The number of nitrogens with one attached hydrogen (secondary N) is 1. The molecule has 1 aliphatic rings. The van der Waals surface area contributed by atoms with Crippen LogP contribution in [0.2, 0.25) is 0 Å². The summed E-state index contributed by atoms with van der Waals surface area (Å²) in [6, 6.07) is 3.92. The minimum Gasteiger partial charge on any atom is -0.456 e. The Morgan fingerprint density at radius 2 is 2.00 bits per heavy atom. The number of rotatable bonds is 2. The number of amides is 2. The molecule has 1 aliphatic heterocycles. The van der Waals surface area contributed by atoms with E-state index in [1.165, 1.54) is 24.5 Å². The SMILES string of the molecule is O=C1NC(=O)C(=Cc2cc3cncc(-c4ccnc(C(F)(F)F)c4)c3o2)S1. The van der Waals surface area contributed by atoms with Gasteiger partial charge < -0.3 is 4.42 Å². The van der Waals surface area contributed by atoms with Crippen molar-refractivity contribution in [3.8, 4) is 11.1 Å². The summed E-state index contributed by atoms with van der Waals surface area (Å²) in [5.74, 6) is -0.260. The van der Waals surface area contributed by atoms with Crippen LogP contribution in [0.3, 0.4) is 0 Å². The van der Waals surface area contributed by atoms with Crippen LogP contribution >= 0.6 is 11.8 Å². The van der Waals surface area contributed by atoms with E-state index < -0.39 is 23.0 Å². The third-order valence-electron chi connectivity index (χ3n) is 3.72. The molecule has 1 saturated heterocycles. The van der Waals surface area contributed by atoms with Crippen molar-refractivity contribution in [3.63, 3.8) is 0 Å². The Morgan fingerprint density at radius 1 is 1.19 bits per heavy atom. The molecule has 0 saturated carbocycles. The highest BCUT2D eigenvalue weighted by molar-refractivity contribution is 8.18. The number of carbonyl (C=O) groups excluding carboxylic acids is 2. The molecule has 3 aromatic heterocycles. The highest BCUT2D eigenvalue weighted by Crippen LogP contribution is 2.35. The minimum atomic E-state index is -4.57. The molecule has 0 aliphatic carbocycles. The van der Waals surface area contributed by atoms with E-state index in [9.17, 15) is 22.8 Å². The monoisotopic (exact) mass is 391 g/mol. The first-order valence-corrected chi connectivity index (χ1v) is 8.29. The molecule has 4 rings (SSSR count). The van der Waals surface area contributed by atoms with Crippen LogP contribution in [0, 0.1) is 0 Å². The van der Waals surface area contributed by atoms with Crippen molar-refractivity contribution in [1.82, 2.24) is 15.3 Å². The highest BCUT2D eigenvalue weighted by atomic mass is 32.2. The Hall–Kier alpha value is -3.14. The largest absolute Gasteiger partial charge is 0.456 e. The molecule has 0 aromatic carbocycles. The fourth-order valence-electron chi connectivity index (χ4n) is 2.56. The van der Waals surface area contributed by atoms with E-state index >= 15 is 0 Å². The third-order valence-corrected chi connectivity index (χ3v) is 4.53. The summed E-state index contributed by atoms with van der Waals surface area (Å²) in [6.45, 7) is 0. The number of aromatic nitrogens is 2. The zero-order valence-corrected chi connectivity index (χ0v) is 14.0. The topological polar surface area (TPSA) is 85.1 Å². The average Bonchev–Trinajstić information content (AvgIpc) is 3.16. The molecule has 1 N–H and O–H groups in total. The summed E-state index contributed by atoms with van der Waals surface area (Å²) in [5, 5.41) is 2.18. The molecule has 0 bridgehead atoms. The van der Waals surface area contributed by atoms with E-state index in [0.717, 1.165) is 24.0 Å². The first-order valence-electron chi connectivity index (χ1n) is 7.47. The molecule has 6 nitrogen and oxygen atoms in total. The Morgan fingerprint density at radius 3 is 2.70 bits per heavy atom. The Balaban J connectivity index is 1.80. The number of hydrogen-bond acceptors (Lipinski definition) is 6. The minimum absolute atomic E-state index is 0.164. The molecule has 2 amide bonds. The lowest BCUT2D eigenvalue weighted by Gasteiger charge is -2.07. The molecule has 27 heavy (non-hydrogen) atoms. The summed E-state index contributed by atoms with van der Waals surface area (Å²) in [7, 11) is 0. The van der Waals surface area contributed by atoms with Gasteiger partial charge in [0.25, 0.3) is 11.1 Å². The number of alkyl halides is 3. The third kappa shape index (κ3) is 3.31. The van der Waals surface area contributed by atoms with Crippen molar-refractivity contribution in [3.05, 3.63) is 53.1 Å². The van der Waals surface area contributed by atoms with Crippen LogP contribution in [0.15, 0.2) is 46.1 Å². The molecule has 136 valence electrons. The van der Waals surface area contributed by atoms with Gasteiger partial charge in [0.05, 0.1) is 4.91 Å². The van der Waals surface area contributed by atoms with Crippen molar-refractivity contribution in [2.45, 2.75) is 6.18 Å². The predicted molar refractivity (Wildman–Crippen MR) is 91.3 cm³/mol. The van der Waals surface area contributed by atoms with Crippen molar-refractivity contribution in [2.75, 3.05) is 0 Å². The van der Waals surface area contributed by atoms with Crippen LogP contribution in [0.25, 0.3) is 28.2 Å². The van der Waals surface area contributed by atoms with Crippen LogP contribution in [0.4, 0.5) is 18.0 Å². The van der Waals surface area contributed by atoms with Gasteiger partial charge in [-0.25, -0.2) is 0 Å². The number of hydrogen-bond donors (Lipinski definition) is 1. The smallest absolute Gasteiger partial charge is 0.433 e. The number of fused-ring (bicyclic) bond motifs is 1. The van der Waals surface area contributed by atoms with Crippen LogP contribution in [0.5, 0.6) is 0 Å². The van der Waals surface area contributed by atoms with Gasteiger partial charge >= 0.3 is 6.18 Å². The number of thioether (sulfide) groups is 1. The van der Waals surface area contributed by atoms with Crippen LogP contribution < -0.4 is 5.32 Å². The zero-order chi connectivity index (χ0) is 19.2. The fraction of sp³-hybridized carbons (Fsp3) is 0.0588. The van der Waals surface area contributed by atoms with Gasteiger partial charge in [-0.15, -0.1) is 0 Å². The number of furan rings is 1. The Labute approximate surface area is 153 Å². The quantitative estimate of drug-likeness (QED) is 0.658. The van der Waals surface area contributed by atoms with Crippen LogP contribution in [-0.2, 0) is 11.0 Å². The molecule has 0 spiro atoms. The maximum Gasteiger partial charge on any atom is 0.433 e. The van der Waals surface area contributed by atoms with Gasteiger partial charge in [-0.2, -0.15) is 13.2 Å². The molecule has 3 aromatic rings. The maximum atomic E-state index is 12.9. The first-order chi connectivity index (χ1) is 12.8. The van der Waals surface area contributed by atoms with Gasteiger partial charge in [-0.3, -0.25) is 24.9 Å². The summed E-state index contributed by atoms with van der Waals surface area (Å²) in [6.07, 6.45) is 0.758. The molecular weight excluding hydrogens is 383 g/mol. The molecule has 0 unspecified atom stereocenters. The second-order valence-electron chi connectivity index (χ2n) is 5.53. The molecule has 10 heteroatoms. The van der Waals surface area contributed by atoms with E-state index in [1.807, 2.05) is 0 Å². The maximum absolute atomic E-state index is 12.9. The number of imide groups is 1. The molecule has 0 atom stereocenters. The fourth-order valence-corrected chi connectivity index (χ4v) is 3.22. The van der Waals surface area contributed by atoms with Gasteiger partial charge in [0.2, 0.25) is 0 Å². The lowest BCUT2D eigenvalue weighted by Crippen LogP contribution is -2.17. The lowest BCUT2D eigenvalue weighted by molar-refractivity contribution is -0.141. The number of pyridine rings is 2. The number of nitrogens with zero attached hydrogens (tertiary/aromatic N) is 2. The summed E-state index contributed by atoms with van der Waals surface area (Å²) in [4.78, 5) is 30.4. The first kappa shape index (κ1) is 17.3. The lowest BCUT2D eigenvalue weighted by atomic mass is 10.1. The van der Waals surface area contributed by atoms with Gasteiger partial charge in [0, 0.05) is 35.6 Å². The van der Waals surface area contributed by atoms with Gasteiger partial charge in [0.15, 0.2) is 0 Å². The number of carbonyl (C=O) groups is 2. The van der Waals surface area contributed by atoms with E-state index in [0.29, 0.717) is 16.5 Å². The number of halogens is 3. The van der Waals surface area contributed by atoms with Crippen LogP contribution in [-0.4, -0.2) is 21.1 Å². The zero-order valence-electron chi connectivity index (χ0n) is 13.2. The molecule has 0 radical (unpaired) electrons. The van der Waals surface area contributed by atoms with Gasteiger partial charge in [-0.05, 0) is 35.5 Å². The van der Waals surface area contributed by atoms with Crippen molar-refractivity contribution < 1.29 is 27.2 Å². The molecule has 4 heterocycles. The van der Waals surface area contributed by atoms with Gasteiger partial charge in [0.1, 0.15) is 17.0 Å². The highest BCUT2D eigenvalue weighted by Gasteiger charge is 2.32. The van der Waals surface area contributed by atoms with E-state index in [1.54, 1.807) is 6.07 Å². The molecule has 1 fully saturated rings. The van der Waals surface area contributed by atoms with E-state index in [2.05, 4.69) is 15.3 Å². The average molecular weight is 391 g/mol. The Bertz CT molecular complexity index is 1120. The van der Waals surface area contributed by atoms with Gasteiger partial charge in [-0.1, -0.05) is 0 Å². The van der Waals surface area contributed by atoms with Crippen LogP contribution in [0.1, 0.15) is 11.5 Å². The van der Waals surface area contributed by atoms with E-state index in [-0.39, 0.29) is 16.2 Å². The second kappa shape index (κ2) is 6.23. The summed E-state index contributed by atoms with van der Waals surface area (Å²) in [5.41, 5.74) is -0.119. The van der Waals surface area contributed by atoms with Crippen molar-refractivity contribution in [2.24, 2.45) is 0 Å². The van der Waals surface area contributed by atoms with Crippen molar-refractivity contribution >= 4 is 40.0 Å². The predicted octanol–water partition coefficient (Wildman–Crippen LogP) is 4.23. The summed E-state index contributed by atoms with van der Waals surface area (Å²) >= 11 is 0.736. The van der Waals surface area contributed by atoms with E-state index in [4.69, 9.17) is 4.42 Å². The second-order valence-corrected chi connectivity index (χ2v) is 6.55.